The van der Waals surface area contributed by atoms with Crippen molar-refractivity contribution in [3.63, 3.8) is 0 Å². The monoisotopic (exact) mass is 377 g/mol. The molecule has 6 nitrogen and oxygen atoms in total. The van der Waals surface area contributed by atoms with Gasteiger partial charge in [0.2, 0.25) is 0 Å². The molecule has 2 N–H and O–H groups in total. The van der Waals surface area contributed by atoms with E-state index in [9.17, 15) is 9.59 Å². The zero-order valence-electron chi connectivity index (χ0n) is 16.2. The van der Waals surface area contributed by atoms with Crippen LogP contribution in [0.1, 0.15) is 15.9 Å². The van der Waals surface area contributed by atoms with Gasteiger partial charge < -0.3 is 20.3 Å². The Hall–Kier alpha value is -3.54. The lowest BCUT2D eigenvalue weighted by Gasteiger charge is -2.20. The third-order valence-corrected chi connectivity index (χ3v) is 4.56. The Morgan fingerprint density at radius 3 is 2.54 bits per heavy atom. The van der Waals surface area contributed by atoms with Crippen LogP contribution in [-0.2, 0) is 6.54 Å². The SMILES string of the molecule is CNC(=O)c1ccc(OC)c(NC(=O)N(C)Cc2cccc3ccccc23)c1. The number of rotatable bonds is 5. The van der Waals surface area contributed by atoms with Crippen LogP contribution in [0.5, 0.6) is 5.75 Å². The summed E-state index contributed by atoms with van der Waals surface area (Å²) in [5, 5.41) is 7.65. The van der Waals surface area contributed by atoms with E-state index in [-0.39, 0.29) is 11.9 Å². The Kier molecular flexibility index (Phi) is 5.79. The summed E-state index contributed by atoms with van der Waals surface area (Å²) >= 11 is 0. The number of urea groups is 1. The van der Waals surface area contributed by atoms with Gasteiger partial charge >= 0.3 is 6.03 Å². The fraction of sp³-hybridized carbons (Fsp3) is 0.182. The van der Waals surface area contributed by atoms with Crippen molar-refractivity contribution < 1.29 is 14.3 Å². The summed E-state index contributed by atoms with van der Waals surface area (Å²) in [4.78, 5) is 26.2. The van der Waals surface area contributed by atoms with Gasteiger partial charge in [-0.1, -0.05) is 42.5 Å². The van der Waals surface area contributed by atoms with Crippen molar-refractivity contribution >= 4 is 28.4 Å². The van der Waals surface area contributed by atoms with Gasteiger partial charge in [-0.3, -0.25) is 4.79 Å². The van der Waals surface area contributed by atoms with Crippen molar-refractivity contribution in [3.8, 4) is 5.75 Å². The standard InChI is InChI=1S/C22H23N3O3/c1-23-21(26)16-11-12-20(28-3)19(13-16)24-22(27)25(2)14-17-9-6-8-15-7-4-5-10-18(15)17/h4-13H,14H2,1-3H3,(H,23,26)(H,24,27). The number of methoxy groups -OCH3 is 1. The van der Waals surface area contributed by atoms with Gasteiger partial charge in [-0.05, 0) is 34.5 Å². The maximum Gasteiger partial charge on any atom is 0.321 e. The second kappa shape index (κ2) is 8.43. The molecule has 0 heterocycles. The van der Waals surface area contributed by atoms with Crippen LogP contribution in [-0.4, -0.2) is 38.0 Å². The number of carbonyl (C=O) groups excluding carboxylic acids is 2. The largest absolute Gasteiger partial charge is 0.495 e. The highest BCUT2D eigenvalue weighted by Gasteiger charge is 2.15. The molecule has 0 aromatic heterocycles. The molecule has 0 bridgehead atoms. The van der Waals surface area contributed by atoms with E-state index in [1.165, 1.54) is 7.11 Å². The predicted molar refractivity (Wildman–Crippen MR) is 111 cm³/mol. The molecule has 3 aromatic carbocycles. The maximum atomic E-state index is 12.7. The molecule has 0 fully saturated rings. The third-order valence-electron chi connectivity index (χ3n) is 4.56. The summed E-state index contributed by atoms with van der Waals surface area (Å²) in [5.74, 6) is 0.252. The molecule has 3 aromatic rings. The van der Waals surface area contributed by atoms with E-state index in [4.69, 9.17) is 4.74 Å². The highest BCUT2D eigenvalue weighted by atomic mass is 16.5. The molecule has 0 aliphatic rings. The molecular formula is C22H23N3O3. The number of hydrogen-bond donors (Lipinski definition) is 2. The average Bonchev–Trinajstić information content (AvgIpc) is 2.73. The zero-order chi connectivity index (χ0) is 20.1. The Labute approximate surface area is 164 Å². The normalized spacial score (nSPS) is 10.4. The minimum atomic E-state index is -0.291. The third kappa shape index (κ3) is 4.06. The van der Waals surface area contributed by atoms with E-state index in [0.717, 1.165) is 16.3 Å². The van der Waals surface area contributed by atoms with Crippen LogP contribution in [0.2, 0.25) is 0 Å². The Bertz CT molecular complexity index is 1010. The number of amides is 3. The molecule has 0 radical (unpaired) electrons. The number of hydrogen-bond acceptors (Lipinski definition) is 3. The highest BCUT2D eigenvalue weighted by molar-refractivity contribution is 5.98. The fourth-order valence-electron chi connectivity index (χ4n) is 3.06. The summed E-state index contributed by atoms with van der Waals surface area (Å²) in [6.45, 7) is 0.449. The van der Waals surface area contributed by atoms with Crippen LogP contribution in [0.25, 0.3) is 10.8 Å². The summed E-state index contributed by atoms with van der Waals surface area (Å²) in [7, 11) is 4.80. The van der Waals surface area contributed by atoms with Crippen LogP contribution >= 0.6 is 0 Å². The molecular weight excluding hydrogens is 354 g/mol. The van der Waals surface area contributed by atoms with Crippen LogP contribution < -0.4 is 15.4 Å². The summed E-state index contributed by atoms with van der Waals surface area (Å²) in [5.41, 5.74) is 1.94. The van der Waals surface area contributed by atoms with Gasteiger partial charge in [-0.15, -0.1) is 0 Å². The molecule has 3 rings (SSSR count). The van der Waals surface area contributed by atoms with E-state index >= 15 is 0 Å². The molecule has 6 heteroatoms. The lowest BCUT2D eigenvalue weighted by molar-refractivity contribution is 0.0963. The first-order valence-corrected chi connectivity index (χ1v) is 8.92. The van der Waals surface area contributed by atoms with Gasteiger partial charge in [0.1, 0.15) is 5.75 Å². The van der Waals surface area contributed by atoms with Gasteiger partial charge in [-0.25, -0.2) is 4.79 Å². The second-order valence-corrected chi connectivity index (χ2v) is 6.42. The van der Waals surface area contributed by atoms with E-state index in [1.54, 1.807) is 37.2 Å². The van der Waals surface area contributed by atoms with E-state index in [1.807, 2.05) is 42.5 Å². The molecule has 0 aliphatic heterocycles. The lowest BCUT2D eigenvalue weighted by atomic mass is 10.0. The topological polar surface area (TPSA) is 70.7 Å². The molecule has 0 atom stereocenters. The first-order valence-electron chi connectivity index (χ1n) is 8.92. The number of anilines is 1. The molecule has 144 valence electrons. The molecule has 0 saturated carbocycles. The second-order valence-electron chi connectivity index (χ2n) is 6.42. The van der Waals surface area contributed by atoms with Gasteiger partial charge in [0.05, 0.1) is 12.8 Å². The van der Waals surface area contributed by atoms with Gasteiger partial charge in [0.25, 0.3) is 5.91 Å². The predicted octanol–water partition coefficient (Wildman–Crippen LogP) is 3.87. The molecule has 28 heavy (non-hydrogen) atoms. The van der Waals surface area contributed by atoms with Crippen molar-refractivity contribution in [2.45, 2.75) is 6.54 Å². The van der Waals surface area contributed by atoms with Crippen LogP contribution in [0.15, 0.2) is 60.7 Å². The summed E-state index contributed by atoms with van der Waals surface area (Å²) in [6.07, 6.45) is 0. The van der Waals surface area contributed by atoms with E-state index < -0.39 is 0 Å². The van der Waals surface area contributed by atoms with Crippen LogP contribution in [0.3, 0.4) is 0 Å². The van der Waals surface area contributed by atoms with Crippen LogP contribution in [0.4, 0.5) is 10.5 Å². The minimum absolute atomic E-state index is 0.234. The Balaban J connectivity index is 1.79. The molecule has 0 unspecified atom stereocenters. The van der Waals surface area contributed by atoms with Gasteiger partial charge in [0, 0.05) is 26.2 Å². The number of benzene rings is 3. The first kappa shape index (κ1) is 19.2. The Morgan fingerprint density at radius 1 is 1.04 bits per heavy atom. The van der Waals surface area contributed by atoms with Crippen molar-refractivity contribution in [2.75, 3.05) is 26.5 Å². The van der Waals surface area contributed by atoms with Crippen molar-refractivity contribution in [2.24, 2.45) is 0 Å². The number of nitrogens with zero attached hydrogens (tertiary/aromatic N) is 1. The molecule has 0 saturated heterocycles. The fourth-order valence-corrected chi connectivity index (χ4v) is 3.06. The number of carbonyl (C=O) groups is 2. The molecule has 0 aliphatic carbocycles. The summed E-state index contributed by atoms with van der Waals surface area (Å²) < 4.78 is 5.31. The number of fused-ring (bicyclic) bond motifs is 1. The molecule has 3 amide bonds. The lowest BCUT2D eigenvalue weighted by Crippen LogP contribution is -2.31. The Morgan fingerprint density at radius 2 is 1.79 bits per heavy atom. The minimum Gasteiger partial charge on any atom is -0.495 e. The van der Waals surface area contributed by atoms with Gasteiger partial charge in [0.15, 0.2) is 0 Å². The average molecular weight is 377 g/mol. The van der Waals surface area contributed by atoms with Crippen molar-refractivity contribution in [1.82, 2.24) is 10.2 Å². The summed E-state index contributed by atoms with van der Waals surface area (Å²) in [6, 6.07) is 18.7. The maximum absolute atomic E-state index is 12.7. The molecule has 0 spiro atoms. The van der Waals surface area contributed by atoms with E-state index in [2.05, 4.69) is 10.6 Å². The highest BCUT2D eigenvalue weighted by Crippen LogP contribution is 2.26. The smallest absolute Gasteiger partial charge is 0.321 e. The first-order chi connectivity index (χ1) is 13.5. The zero-order valence-corrected chi connectivity index (χ0v) is 16.2. The number of nitrogens with one attached hydrogen (secondary N) is 2. The van der Waals surface area contributed by atoms with Gasteiger partial charge in [-0.2, -0.15) is 0 Å². The van der Waals surface area contributed by atoms with Crippen molar-refractivity contribution in [3.05, 3.63) is 71.8 Å². The quantitative estimate of drug-likeness (QED) is 0.709. The van der Waals surface area contributed by atoms with Crippen LogP contribution in [0, 0.1) is 0 Å². The van der Waals surface area contributed by atoms with E-state index in [0.29, 0.717) is 23.5 Å². The number of ether oxygens (including phenoxy) is 1. The van der Waals surface area contributed by atoms with Crippen molar-refractivity contribution in [1.29, 1.82) is 0 Å².